The van der Waals surface area contributed by atoms with E-state index in [1.807, 2.05) is 43.3 Å². The fourth-order valence-electron chi connectivity index (χ4n) is 4.55. The van der Waals surface area contributed by atoms with Crippen LogP contribution in [-0.4, -0.2) is 59.4 Å². The highest BCUT2D eigenvalue weighted by atomic mass is 16.5. The Morgan fingerprint density at radius 2 is 1.72 bits per heavy atom. The second-order valence-electron chi connectivity index (χ2n) is 9.80. The van der Waals surface area contributed by atoms with Gasteiger partial charge in [-0.05, 0) is 67.2 Å². The number of hydrogen-bond donors (Lipinski definition) is 1. The maximum Gasteiger partial charge on any atom is 0.295 e. The van der Waals surface area contributed by atoms with Gasteiger partial charge in [-0.2, -0.15) is 0 Å². The molecular formula is C30H40N2O4. The van der Waals surface area contributed by atoms with Gasteiger partial charge < -0.3 is 19.6 Å². The van der Waals surface area contributed by atoms with Gasteiger partial charge in [0.15, 0.2) is 0 Å². The van der Waals surface area contributed by atoms with Crippen LogP contribution in [0.3, 0.4) is 0 Å². The lowest BCUT2D eigenvalue weighted by atomic mass is 9.94. The third-order valence-corrected chi connectivity index (χ3v) is 6.82. The highest BCUT2D eigenvalue weighted by Gasteiger charge is 2.46. The number of rotatable bonds is 11. The Morgan fingerprint density at radius 3 is 2.28 bits per heavy atom. The molecule has 2 aromatic rings. The fourth-order valence-corrected chi connectivity index (χ4v) is 4.55. The van der Waals surface area contributed by atoms with Crippen molar-refractivity contribution in [2.24, 2.45) is 5.92 Å². The number of aliphatic hydroxyl groups is 1. The smallest absolute Gasteiger partial charge is 0.295 e. The number of aryl methyl sites for hydroxylation is 2. The first-order valence-electron chi connectivity index (χ1n) is 13.0. The second kappa shape index (κ2) is 12.2. The molecule has 0 bridgehead atoms. The molecule has 1 heterocycles. The van der Waals surface area contributed by atoms with Crippen molar-refractivity contribution in [3.05, 3.63) is 70.3 Å². The monoisotopic (exact) mass is 492 g/mol. The fraction of sp³-hybridized carbons (Fsp3) is 0.467. The van der Waals surface area contributed by atoms with Gasteiger partial charge in [0, 0.05) is 18.7 Å². The molecule has 6 heteroatoms. The van der Waals surface area contributed by atoms with Gasteiger partial charge in [0.05, 0.1) is 18.2 Å². The molecule has 0 aromatic heterocycles. The SMILES string of the molecule is CCc1ccc([C@@H]2C(=C(O)c3ccc(OCC(C)C)c(C)c3)C(=O)C(=O)N2CCN(CC)CC)cc1. The largest absolute Gasteiger partial charge is 0.507 e. The van der Waals surface area contributed by atoms with E-state index in [0.717, 1.165) is 36.4 Å². The maximum absolute atomic E-state index is 13.3. The van der Waals surface area contributed by atoms with Gasteiger partial charge in [-0.1, -0.05) is 58.9 Å². The average molecular weight is 493 g/mol. The third kappa shape index (κ3) is 5.98. The molecule has 36 heavy (non-hydrogen) atoms. The van der Waals surface area contributed by atoms with E-state index in [1.54, 1.807) is 11.0 Å². The van der Waals surface area contributed by atoms with Crippen LogP contribution in [0.1, 0.15) is 62.9 Å². The molecule has 1 N–H and O–H groups in total. The Labute approximate surface area is 215 Å². The zero-order chi connectivity index (χ0) is 26.4. The topological polar surface area (TPSA) is 70.1 Å². The van der Waals surface area contributed by atoms with Gasteiger partial charge >= 0.3 is 0 Å². The summed E-state index contributed by atoms with van der Waals surface area (Å²) >= 11 is 0. The molecule has 1 fully saturated rings. The van der Waals surface area contributed by atoms with Crippen LogP contribution in [0.4, 0.5) is 0 Å². The molecule has 1 aliphatic rings. The summed E-state index contributed by atoms with van der Waals surface area (Å²) in [6.45, 7) is 15.7. The molecule has 0 unspecified atom stereocenters. The van der Waals surface area contributed by atoms with E-state index in [0.29, 0.717) is 31.2 Å². The number of benzene rings is 2. The first-order valence-corrected chi connectivity index (χ1v) is 13.0. The first-order chi connectivity index (χ1) is 17.2. The lowest BCUT2D eigenvalue weighted by molar-refractivity contribution is -0.140. The van der Waals surface area contributed by atoms with Crippen LogP contribution in [0.5, 0.6) is 5.75 Å². The number of nitrogens with zero attached hydrogens (tertiary/aromatic N) is 2. The summed E-state index contributed by atoms with van der Waals surface area (Å²) in [6, 6.07) is 12.7. The quantitative estimate of drug-likeness (QED) is 0.260. The van der Waals surface area contributed by atoms with Gasteiger partial charge in [0.25, 0.3) is 11.7 Å². The van der Waals surface area contributed by atoms with E-state index >= 15 is 0 Å². The molecule has 6 nitrogen and oxygen atoms in total. The highest BCUT2D eigenvalue weighted by Crippen LogP contribution is 2.40. The Morgan fingerprint density at radius 1 is 1.06 bits per heavy atom. The predicted molar refractivity (Wildman–Crippen MR) is 144 cm³/mol. The van der Waals surface area contributed by atoms with Crippen LogP contribution in [0.15, 0.2) is 48.0 Å². The molecule has 1 saturated heterocycles. The van der Waals surface area contributed by atoms with Gasteiger partial charge in [0.2, 0.25) is 0 Å². The van der Waals surface area contributed by atoms with E-state index < -0.39 is 17.7 Å². The molecule has 194 valence electrons. The number of carbonyl (C=O) groups excluding carboxylic acids is 2. The molecule has 2 aromatic carbocycles. The Hall–Kier alpha value is -3.12. The third-order valence-electron chi connectivity index (χ3n) is 6.82. The molecule has 0 spiro atoms. The number of likely N-dealkylation sites (N-methyl/N-ethyl adjacent to an activating group) is 1. The van der Waals surface area contributed by atoms with E-state index in [9.17, 15) is 14.7 Å². The van der Waals surface area contributed by atoms with Gasteiger partial charge in [-0.25, -0.2) is 0 Å². The molecule has 0 saturated carbocycles. The molecule has 1 amide bonds. The maximum atomic E-state index is 13.3. The summed E-state index contributed by atoms with van der Waals surface area (Å²) in [4.78, 5) is 30.3. The molecule has 0 aliphatic carbocycles. The Kier molecular flexibility index (Phi) is 9.32. The summed E-state index contributed by atoms with van der Waals surface area (Å²) in [5.41, 5.74) is 3.49. The van der Waals surface area contributed by atoms with Crippen molar-refractivity contribution in [1.29, 1.82) is 0 Å². The van der Waals surface area contributed by atoms with E-state index in [1.165, 1.54) is 5.56 Å². The summed E-state index contributed by atoms with van der Waals surface area (Å²) in [5, 5.41) is 11.4. The molecule has 0 radical (unpaired) electrons. The molecule has 1 atom stereocenters. The van der Waals surface area contributed by atoms with E-state index in [-0.39, 0.29) is 11.3 Å². The number of aliphatic hydroxyl groups excluding tert-OH is 1. The van der Waals surface area contributed by atoms with Crippen molar-refractivity contribution in [3.8, 4) is 5.75 Å². The minimum atomic E-state index is -0.644. The van der Waals surface area contributed by atoms with Crippen molar-refractivity contribution in [2.45, 2.75) is 54.0 Å². The predicted octanol–water partition coefficient (Wildman–Crippen LogP) is 5.36. The van der Waals surface area contributed by atoms with Gasteiger partial charge in [-0.15, -0.1) is 0 Å². The van der Waals surface area contributed by atoms with Crippen LogP contribution in [0.2, 0.25) is 0 Å². The normalized spacial score (nSPS) is 17.4. The molecular weight excluding hydrogens is 452 g/mol. The first kappa shape index (κ1) is 27.5. The van der Waals surface area contributed by atoms with Crippen molar-refractivity contribution in [1.82, 2.24) is 9.80 Å². The average Bonchev–Trinajstić information content (AvgIpc) is 3.13. The Balaban J connectivity index is 2.05. The lowest BCUT2D eigenvalue weighted by Gasteiger charge is -2.28. The van der Waals surface area contributed by atoms with Crippen LogP contribution >= 0.6 is 0 Å². The van der Waals surface area contributed by atoms with Crippen LogP contribution in [-0.2, 0) is 16.0 Å². The standard InChI is InChI=1S/C30H40N2O4/c1-7-22-10-12-23(13-11-22)27-26(29(34)30(35)32(27)17-16-31(8-2)9-3)28(33)24-14-15-25(21(6)18-24)36-19-20(4)5/h10-15,18,20,27,33H,7-9,16-17,19H2,1-6H3/t27-/m1/s1. The van der Waals surface area contributed by atoms with Gasteiger partial charge in [0.1, 0.15) is 11.5 Å². The zero-order valence-corrected chi connectivity index (χ0v) is 22.5. The van der Waals surface area contributed by atoms with Crippen molar-refractivity contribution < 1.29 is 19.4 Å². The summed E-state index contributed by atoms with van der Waals surface area (Å²) in [6.07, 6.45) is 0.896. The van der Waals surface area contributed by atoms with Crippen LogP contribution in [0, 0.1) is 12.8 Å². The van der Waals surface area contributed by atoms with Gasteiger partial charge in [-0.3, -0.25) is 9.59 Å². The highest BCUT2D eigenvalue weighted by molar-refractivity contribution is 6.46. The number of hydrogen-bond acceptors (Lipinski definition) is 5. The number of Topliss-reactive ketones (excluding diaryl/α,β-unsaturated/α-hetero) is 1. The molecule has 3 rings (SSSR count). The van der Waals surface area contributed by atoms with Crippen molar-refractivity contribution >= 4 is 17.4 Å². The lowest BCUT2D eigenvalue weighted by Crippen LogP contribution is -2.38. The summed E-state index contributed by atoms with van der Waals surface area (Å²) < 4.78 is 5.87. The summed E-state index contributed by atoms with van der Waals surface area (Å²) in [7, 11) is 0. The minimum Gasteiger partial charge on any atom is -0.507 e. The number of ether oxygens (including phenoxy) is 1. The Bertz CT molecular complexity index is 1100. The van der Waals surface area contributed by atoms with Crippen LogP contribution in [0.25, 0.3) is 5.76 Å². The van der Waals surface area contributed by atoms with Crippen LogP contribution < -0.4 is 4.74 Å². The van der Waals surface area contributed by atoms with Crippen molar-refractivity contribution in [3.63, 3.8) is 0 Å². The van der Waals surface area contributed by atoms with E-state index in [4.69, 9.17) is 4.74 Å². The van der Waals surface area contributed by atoms with Crippen molar-refractivity contribution in [2.75, 3.05) is 32.8 Å². The zero-order valence-electron chi connectivity index (χ0n) is 22.5. The number of amides is 1. The second-order valence-corrected chi connectivity index (χ2v) is 9.80. The minimum absolute atomic E-state index is 0.138. The number of ketones is 1. The van der Waals surface area contributed by atoms with E-state index in [2.05, 4.69) is 39.5 Å². The number of likely N-dealkylation sites (tertiary alicyclic amines) is 1. The number of carbonyl (C=O) groups is 2. The summed E-state index contributed by atoms with van der Waals surface area (Å²) in [5.74, 6) is -0.228. The molecule has 1 aliphatic heterocycles.